The maximum atomic E-state index is 12.7. The fourth-order valence-electron chi connectivity index (χ4n) is 3.37. The highest BCUT2D eigenvalue weighted by atomic mass is 16.5. The molecule has 1 aliphatic rings. The van der Waals surface area contributed by atoms with Gasteiger partial charge in [-0.25, -0.2) is 0 Å². The minimum absolute atomic E-state index is 0.401. The number of esters is 2. The van der Waals surface area contributed by atoms with E-state index in [1.54, 1.807) is 62.8 Å². The van der Waals surface area contributed by atoms with E-state index in [9.17, 15) is 9.59 Å². The molecule has 0 aromatic heterocycles. The largest absolute Gasteiger partial charge is 0.497 e. The van der Waals surface area contributed by atoms with Crippen molar-refractivity contribution in [2.75, 3.05) is 14.2 Å². The van der Waals surface area contributed by atoms with E-state index in [-0.39, 0.29) is 0 Å². The van der Waals surface area contributed by atoms with Gasteiger partial charge in [-0.05, 0) is 61.4 Å². The topological polar surface area (TPSA) is 71.1 Å². The Morgan fingerprint density at radius 3 is 1.29 bits per heavy atom. The number of carbonyl (C=O) groups is 2. The van der Waals surface area contributed by atoms with Gasteiger partial charge in [-0.3, -0.25) is 9.59 Å². The van der Waals surface area contributed by atoms with Crippen LogP contribution in [0.5, 0.6) is 23.0 Å². The van der Waals surface area contributed by atoms with E-state index >= 15 is 0 Å². The van der Waals surface area contributed by atoms with Crippen LogP contribution in [0.3, 0.4) is 0 Å². The van der Waals surface area contributed by atoms with Crippen LogP contribution in [0, 0.1) is 11.8 Å². The van der Waals surface area contributed by atoms with Gasteiger partial charge in [0.1, 0.15) is 23.0 Å². The molecule has 0 saturated heterocycles. The van der Waals surface area contributed by atoms with Crippen molar-refractivity contribution in [1.29, 1.82) is 0 Å². The zero-order chi connectivity index (χ0) is 19.9. The number of methoxy groups -OCH3 is 2. The molecule has 2 unspecified atom stereocenters. The molecule has 0 bridgehead atoms. The van der Waals surface area contributed by atoms with E-state index in [1.165, 1.54) is 0 Å². The van der Waals surface area contributed by atoms with Crippen molar-refractivity contribution in [1.82, 2.24) is 0 Å². The van der Waals surface area contributed by atoms with E-state index in [0.717, 1.165) is 12.8 Å². The van der Waals surface area contributed by atoms with Crippen LogP contribution in [0.25, 0.3) is 0 Å². The Morgan fingerprint density at radius 1 is 0.643 bits per heavy atom. The summed E-state index contributed by atoms with van der Waals surface area (Å²) in [7, 11) is 3.14. The molecule has 0 aliphatic heterocycles. The van der Waals surface area contributed by atoms with Gasteiger partial charge in [0, 0.05) is 0 Å². The summed E-state index contributed by atoms with van der Waals surface area (Å²) in [5.74, 6) is 0.389. The quantitative estimate of drug-likeness (QED) is 0.553. The Balaban J connectivity index is 1.66. The minimum Gasteiger partial charge on any atom is -0.497 e. The van der Waals surface area contributed by atoms with Crippen molar-refractivity contribution in [3.63, 3.8) is 0 Å². The second-order valence-corrected chi connectivity index (χ2v) is 6.69. The molecule has 0 spiro atoms. The Morgan fingerprint density at radius 2 is 0.964 bits per heavy atom. The van der Waals surface area contributed by atoms with E-state index in [1.807, 2.05) is 0 Å². The maximum absolute atomic E-state index is 12.7. The van der Waals surface area contributed by atoms with Gasteiger partial charge in [-0.2, -0.15) is 0 Å². The van der Waals surface area contributed by atoms with E-state index in [4.69, 9.17) is 18.9 Å². The molecular formula is C22H24O6. The number of rotatable bonds is 6. The monoisotopic (exact) mass is 384 g/mol. The van der Waals surface area contributed by atoms with Crippen molar-refractivity contribution >= 4 is 11.9 Å². The molecule has 1 fully saturated rings. The summed E-state index contributed by atoms with van der Waals surface area (Å²) < 4.78 is 21.2. The van der Waals surface area contributed by atoms with Crippen LogP contribution in [-0.2, 0) is 9.59 Å². The summed E-state index contributed by atoms with van der Waals surface area (Å²) in [6.07, 6.45) is 2.98. The maximum Gasteiger partial charge on any atom is 0.315 e. The first kappa shape index (κ1) is 19.7. The molecule has 0 N–H and O–H groups in total. The lowest BCUT2D eigenvalue weighted by atomic mass is 9.79. The molecule has 1 saturated carbocycles. The summed E-state index contributed by atoms with van der Waals surface area (Å²) in [4.78, 5) is 25.4. The lowest BCUT2D eigenvalue weighted by Gasteiger charge is -2.28. The van der Waals surface area contributed by atoms with Gasteiger partial charge < -0.3 is 18.9 Å². The van der Waals surface area contributed by atoms with Crippen LogP contribution in [0.4, 0.5) is 0 Å². The van der Waals surface area contributed by atoms with Gasteiger partial charge in [-0.1, -0.05) is 12.8 Å². The first-order valence-corrected chi connectivity index (χ1v) is 9.32. The molecule has 2 atom stereocenters. The Labute approximate surface area is 164 Å². The average molecular weight is 384 g/mol. The van der Waals surface area contributed by atoms with Crippen LogP contribution in [0.1, 0.15) is 25.7 Å². The molecule has 1 aliphatic carbocycles. The summed E-state index contributed by atoms with van der Waals surface area (Å²) in [6.45, 7) is 0. The van der Waals surface area contributed by atoms with Crippen LogP contribution in [-0.4, -0.2) is 26.2 Å². The van der Waals surface area contributed by atoms with Gasteiger partial charge >= 0.3 is 11.9 Å². The standard InChI is InChI=1S/C22H24O6/c1-25-15-7-11-17(12-8-15)27-21(23)19-5-3-4-6-20(19)22(24)28-18-13-9-16(26-2)10-14-18/h7-14,19-20H,3-6H2,1-2H3. The lowest BCUT2D eigenvalue weighted by Crippen LogP contribution is -2.37. The molecule has 0 radical (unpaired) electrons. The summed E-state index contributed by atoms with van der Waals surface area (Å²) in [5, 5.41) is 0. The molecule has 2 aromatic rings. The van der Waals surface area contributed by atoms with Crippen molar-refractivity contribution in [3.05, 3.63) is 48.5 Å². The Hall–Kier alpha value is -3.02. The van der Waals surface area contributed by atoms with Crippen LogP contribution in [0.2, 0.25) is 0 Å². The fourth-order valence-corrected chi connectivity index (χ4v) is 3.37. The van der Waals surface area contributed by atoms with E-state index < -0.39 is 23.8 Å². The normalized spacial score (nSPS) is 18.8. The molecule has 6 nitrogen and oxygen atoms in total. The molecule has 3 rings (SSSR count). The Bertz CT molecular complexity index is 727. The third kappa shape index (κ3) is 4.82. The number of hydrogen-bond acceptors (Lipinski definition) is 6. The average Bonchev–Trinajstić information content (AvgIpc) is 2.74. The molecule has 0 heterocycles. The SMILES string of the molecule is COc1ccc(OC(=O)C2CCCCC2C(=O)Oc2ccc(OC)cc2)cc1. The van der Waals surface area contributed by atoms with Crippen molar-refractivity contribution in [2.45, 2.75) is 25.7 Å². The number of hydrogen-bond donors (Lipinski definition) is 0. The van der Waals surface area contributed by atoms with Gasteiger partial charge in [0.2, 0.25) is 0 Å². The number of carbonyl (C=O) groups excluding carboxylic acids is 2. The van der Waals surface area contributed by atoms with Crippen molar-refractivity contribution in [2.24, 2.45) is 11.8 Å². The number of benzene rings is 2. The summed E-state index contributed by atoms with van der Waals surface area (Å²) in [6, 6.07) is 13.6. The smallest absolute Gasteiger partial charge is 0.315 e. The van der Waals surface area contributed by atoms with Gasteiger partial charge in [0.05, 0.1) is 26.1 Å². The molecule has 28 heavy (non-hydrogen) atoms. The minimum atomic E-state index is -0.512. The van der Waals surface area contributed by atoms with Crippen LogP contribution < -0.4 is 18.9 Å². The highest BCUT2D eigenvalue weighted by Gasteiger charge is 2.38. The van der Waals surface area contributed by atoms with Crippen molar-refractivity contribution < 1.29 is 28.5 Å². The number of ether oxygens (including phenoxy) is 4. The molecule has 2 aromatic carbocycles. The van der Waals surface area contributed by atoms with Crippen molar-refractivity contribution in [3.8, 4) is 23.0 Å². The summed E-state index contributed by atoms with van der Waals surface area (Å²) >= 11 is 0. The molecule has 6 heteroatoms. The third-order valence-corrected chi connectivity index (χ3v) is 4.93. The highest BCUT2D eigenvalue weighted by Crippen LogP contribution is 2.33. The van der Waals surface area contributed by atoms with Gasteiger partial charge in [0.15, 0.2) is 0 Å². The Kier molecular flexibility index (Phi) is 6.53. The second-order valence-electron chi connectivity index (χ2n) is 6.69. The molecule has 148 valence electrons. The lowest BCUT2D eigenvalue weighted by molar-refractivity contribution is -0.152. The van der Waals surface area contributed by atoms with E-state index in [0.29, 0.717) is 35.8 Å². The summed E-state index contributed by atoms with van der Waals surface area (Å²) in [5.41, 5.74) is 0. The van der Waals surface area contributed by atoms with E-state index in [2.05, 4.69) is 0 Å². The predicted molar refractivity (Wildman–Crippen MR) is 103 cm³/mol. The van der Waals surface area contributed by atoms with Crippen LogP contribution >= 0.6 is 0 Å². The fraction of sp³-hybridized carbons (Fsp3) is 0.364. The first-order chi connectivity index (χ1) is 13.6. The third-order valence-electron chi connectivity index (χ3n) is 4.93. The van der Waals surface area contributed by atoms with Gasteiger partial charge in [0.25, 0.3) is 0 Å². The second kappa shape index (κ2) is 9.26. The van der Waals surface area contributed by atoms with Gasteiger partial charge in [-0.15, -0.1) is 0 Å². The zero-order valence-electron chi connectivity index (χ0n) is 16.1. The highest BCUT2D eigenvalue weighted by molar-refractivity contribution is 5.84. The molecule has 0 amide bonds. The first-order valence-electron chi connectivity index (χ1n) is 9.32. The zero-order valence-corrected chi connectivity index (χ0v) is 16.1. The predicted octanol–water partition coefficient (Wildman–Crippen LogP) is 4.02. The molecular weight excluding hydrogens is 360 g/mol. The van der Waals surface area contributed by atoms with Crippen LogP contribution in [0.15, 0.2) is 48.5 Å².